The molecule has 0 aliphatic heterocycles. The first-order chi connectivity index (χ1) is 9.40. The monoisotopic (exact) mass is 322 g/mol. The van der Waals surface area contributed by atoms with E-state index in [9.17, 15) is 17.6 Å². The minimum Gasteiger partial charge on any atom is -0.259 e. The van der Waals surface area contributed by atoms with Crippen molar-refractivity contribution < 1.29 is 17.6 Å². The van der Waals surface area contributed by atoms with Crippen LogP contribution in [0.25, 0.3) is 0 Å². The lowest BCUT2D eigenvalue weighted by Gasteiger charge is -2.08. The summed E-state index contributed by atoms with van der Waals surface area (Å²) in [6, 6.07) is 2.63. The molecular formula is C13H9ClF4NS. The summed E-state index contributed by atoms with van der Waals surface area (Å²) in [6.07, 6.45) is -3.10. The minimum absolute atomic E-state index is 0.0275. The van der Waals surface area contributed by atoms with Gasteiger partial charge in [-0.1, -0.05) is 11.6 Å². The number of aromatic nitrogens is 1. The standard InChI is InChI=1S/C13H9ClF4NS/c14-11-4-9(13(16,17)18)6-19-12(11)5-10-3-8(1-2-15)7-20-10/h3-4,6H,1-2,5H2. The predicted molar refractivity (Wildman–Crippen MR) is 69.9 cm³/mol. The maximum atomic E-state index is 12.5. The highest BCUT2D eigenvalue weighted by atomic mass is 35.5. The van der Waals surface area contributed by atoms with Crippen molar-refractivity contribution in [3.8, 4) is 0 Å². The van der Waals surface area contributed by atoms with Crippen molar-refractivity contribution in [2.75, 3.05) is 6.67 Å². The second-order valence-corrected chi connectivity index (χ2v) is 5.45. The first-order valence-electron chi connectivity index (χ1n) is 5.67. The highest BCUT2D eigenvalue weighted by molar-refractivity contribution is 7.09. The number of aryl methyl sites for hydroxylation is 1. The summed E-state index contributed by atoms with van der Waals surface area (Å²) in [5.74, 6) is 0. The van der Waals surface area contributed by atoms with Gasteiger partial charge >= 0.3 is 6.18 Å². The van der Waals surface area contributed by atoms with Crippen molar-refractivity contribution in [1.29, 1.82) is 0 Å². The molecule has 0 aliphatic carbocycles. The first-order valence-corrected chi connectivity index (χ1v) is 6.86. The van der Waals surface area contributed by atoms with Crippen molar-refractivity contribution in [1.82, 2.24) is 4.98 Å². The average molecular weight is 323 g/mol. The summed E-state index contributed by atoms with van der Waals surface area (Å²) in [6.45, 7) is -0.466. The van der Waals surface area contributed by atoms with Crippen molar-refractivity contribution in [3.05, 3.63) is 50.4 Å². The van der Waals surface area contributed by atoms with Crippen LogP contribution >= 0.6 is 22.9 Å². The number of hydrogen-bond donors (Lipinski definition) is 0. The van der Waals surface area contributed by atoms with Crippen molar-refractivity contribution in [2.24, 2.45) is 0 Å². The molecule has 0 bridgehead atoms. The molecule has 0 aromatic carbocycles. The highest BCUT2D eigenvalue weighted by Crippen LogP contribution is 2.31. The van der Waals surface area contributed by atoms with Crippen LogP contribution in [0.1, 0.15) is 21.7 Å². The molecule has 2 rings (SSSR count). The van der Waals surface area contributed by atoms with Gasteiger partial charge in [-0.25, -0.2) is 0 Å². The van der Waals surface area contributed by atoms with E-state index in [-0.39, 0.29) is 11.4 Å². The number of pyridine rings is 1. The van der Waals surface area contributed by atoms with E-state index in [0.717, 1.165) is 22.7 Å². The van der Waals surface area contributed by atoms with E-state index in [4.69, 9.17) is 11.6 Å². The first kappa shape index (κ1) is 15.3. The molecule has 0 spiro atoms. The van der Waals surface area contributed by atoms with E-state index < -0.39 is 18.4 Å². The van der Waals surface area contributed by atoms with Crippen molar-refractivity contribution >= 4 is 22.9 Å². The van der Waals surface area contributed by atoms with Crippen LogP contribution in [0, 0.1) is 5.38 Å². The van der Waals surface area contributed by atoms with Crippen LogP contribution in [0.15, 0.2) is 18.3 Å². The Morgan fingerprint density at radius 2 is 2.05 bits per heavy atom. The molecule has 0 fully saturated rings. The Morgan fingerprint density at radius 1 is 1.30 bits per heavy atom. The topological polar surface area (TPSA) is 12.9 Å². The molecule has 0 aliphatic rings. The molecule has 1 nitrogen and oxygen atoms in total. The average Bonchev–Trinajstić information content (AvgIpc) is 2.78. The third kappa shape index (κ3) is 3.70. The van der Waals surface area contributed by atoms with Gasteiger partial charge in [0.1, 0.15) is 0 Å². The zero-order valence-electron chi connectivity index (χ0n) is 10.1. The van der Waals surface area contributed by atoms with Gasteiger partial charge in [-0.3, -0.25) is 9.37 Å². The molecule has 2 aromatic rings. The Bertz CT molecular complexity index is 594. The molecule has 0 saturated carbocycles. The molecule has 20 heavy (non-hydrogen) atoms. The SMILES string of the molecule is FCCc1[c]sc(Cc2ncc(C(F)(F)F)cc2Cl)c1. The quantitative estimate of drug-likeness (QED) is 0.742. The second kappa shape index (κ2) is 6.10. The number of nitrogens with zero attached hydrogens (tertiary/aromatic N) is 1. The van der Waals surface area contributed by atoms with E-state index in [0.29, 0.717) is 12.1 Å². The third-order valence-electron chi connectivity index (χ3n) is 2.60. The Labute approximate surface area is 122 Å². The van der Waals surface area contributed by atoms with Gasteiger partial charge < -0.3 is 0 Å². The summed E-state index contributed by atoms with van der Waals surface area (Å²) in [7, 11) is 0. The van der Waals surface area contributed by atoms with Gasteiger partial charge in [0, 0.05) is 29.3 Å². The Kier molecular flexibility index (Phi) is 4.65. The fourth-order valence-corrected chi connectivity index (χ4v) is 2.68. The van der Waals surface area contributed by atoms with Gasteiger partial charge in [-0.2, -0.15) is 13.2 Å². The zero-order chi connectivity index (χ0) is 14.8. The summed E-state index contributed by atoms with van der Waals surface area (Å²) < 4.78 is 49.6. The number of thiophene rings is 1. The van der Waals surface area contributed by atoms with Gasteiger partial charge in [0.2, 0.25) is 0 Å². The number of rotatable bonds is 4. The van der Waals surface area contributed by atoms with Crippen LogP contribution in [0.4, 0.5) is 17.6 Å². The lowest BCUT2D eigenvalue weighted by atomic mass is 10.1. The molecule has 0 saturated heterocycles. The highest BCUT2D eigenvalue weighted by Gasteiger charge is 2.31. The minimum atomic E-state index is -4.46. The number of alkyl halides is 4. The molecule has 7 heteroatoms. The van der Waals surface area contributed by atoms with E-state index in [1.54, 1.807) is 6.07 Å². The predicted octanol–water partition coefficient (Wildman–Crippen LogP) is 4.72. The second-order valence-electron chi connectivity index (χ2n) is 4.11. The molecule has 1 radical (unpaired) electrons. The van der Waals surface area contributed by atoms with E-state index >= 15 is 0 Å². The van der Waals surface area contributed by atoms with E-state index in [1.807, 2.05) is 0 Å². The van der Waals surface area contributed by atoms with Gasteiger partial charge in [-0.15, -0.1) is 11.3 Å². The Hall–Kier alpha value is -1.14. The number of halogens is 5. The smallest absolute Gasteiger partial charge is 0.259 e. The summed E-state index contributed by atoms with van der Waals surface area (Å²) in [4.78, 5) is 4.60. The van der Waals surface area contributed by atoms with Crippen LogP contribution in [0.5, 0.6) is 0 Å². The lowest BCUT2D eigenvalue weighted by Crippen LogP contribution is -2.06. The van der Waals surface area contributed by atoms with Crippen LogP contribution in [-0.2, 0) is 19.0 Å². The largest absolute Gasteiger partial charge is 0.417 e. The molecule has 0 N–H and O–H groups in total. The fourth-order valence-electron chi connectivity index (χ4n) is 1.61. The summed E-state index contributed by atoms with van der Waals surface area (Å²) in [5, 5.41) is 2.91. The molecular weight excluding hydrogens is 314 g/mol. The van der Waals surface area contributed by atoms with Gasteiger partial charge in [0.25, 0.3) is 0 Å². The molecule has 0 unspecified atom stereocenters. The normalized spacial score (nSPS) is 11.8. The Morgan fingerprint density at radius 3 is 2.65 bits per heavy atom. The fraction of sp³-hybridized carbons (Fsp3) is 0.308. The van der Waals surface area contributed by atoms with Crippen LogP contribution in [-0.4, -0.2) is 11.7 Å². The lowest BCUT2D eigenvalue weighted by molar-refractivity contribution is -0.137. The molecule has 2 heterocycles. The molecule has 107 valence electrons. The maximum Gasteiger partial charge on any atom is 0.417 e. The Balaban J connectivity index is 2.17. The summed E-state index contributed by atoms with van der Waals surface area (Å²) >= 11 is 7.12. The van der Waals surface area contributed by atoms with Crippen LogP contribution in [0.3, 0.4) is 0 Å². The maximum absolute atomic E-state index is 12.5. The zero-order valence-corrected chi connectivity index (χ0v) is 11.7. The van der Waals surface area contributed by atoms with E-state index in [2.05, 4.69) is 10.4 Å². The van der Waals surface area contributed by atoms with Crippen molar-refractivity contribution in [2.45, 2.75) is 19.0 Å². The molecule has 0 amide bonds. The van der Waals surface area contributed by atoms with Gasteiger partial charge in [0.05, 0.1) is 23.0 Å². The van der Waals surface area contributed by atoms with Crippen LogP contribution in [0.2, 0.25) is 5.02 Å². The van der Waals surface area contributed by atoms with E-state index in [1.165, 1.54) is 11.3 Å². The number of hydrogen-bond acceptors (Lipinski definition) is 2. The summed E-state index contributed by atoms with van der Waals surface area (Å²) in [5.41, 5.74) is 0.236. The molecule has 2 aromatic heterocycles. The van der Waals surface area contributed by atoms with Gasteiger partial charge in [-0.05, 0) is 17.7 Å². The van der Waals surface area contributed by atoms with Crippen LogP contribution < -0.4 is 0 Å². The third-order valence-corrected chi connectivity index (χ3v) is 3.81. The van der Waals surface area contributed by atoms with Gasteiger partial charge in [0.15, 0.2) is 0 Å². The molecule has 0 atom stereocenters. The van der Waals surface area contributed by atoms with Crippen molar-refractivity contribution in [3.63, 3.8) is 0 Å².